The largest absolute Gasteiger partial charge is 0.492 e. The van der Waals surface area contributed by atoms with Gasteiger partial charge in [-0.05, 0) is 23.8 Å². The van der Waals surface area contributed by atoms with E-state index in [1.807, 2.05) is 30.3 Å². The first-order valence-electron chi connectivity index (χ1n) is 6.67. The van der Waals surface area contributed by atoms with Gasteiger partial charge in [0.05, 0.1) is 12.0 Å². The zero-order chi connectivity index (χ0) is 14.4. The number of aromatic amines is 1. The number of fused-ring (bicyclic) bond motifs is 2. The highest BCUT2D eigenvalue weighted by Gasteiger charge is 2.21. The molecule has 1 aliphatic heterocycles. The van der Waals surface area contributed by atoms with Crippen LogP contribution in [0.15, 0.2) is 41.2 Å². The smallest absolute Gasteiger partial charge is 0.272 e. The van der Waals surface area contributed by atoms with Crippen LogP contribution in [-0.2, 0) is 6.42 Å². The Balaban J connectivity index is 2.09. The van der Waals surface area contributed by atoms with Gasteiger partial charge >= 0.3 is 0 Å². The van der Waals surface area contributed by atoms with Gasteiger partial charge in [0.25, 0.3) is 5.56 Å². The van der Waals surface area contributed by atoms with Crippen molar-refractivity contribution < 1.29 is 4.74 Å². The van der Waals surface area contributed by atoms with Crippen LogP contribution in [0.3, 0.4) is 0 Å². The summed E-state index contributed by atoms with van der Waals surface area (Å²) in [5.41, 5.74) is 2.39. The number of ether oxygens (including phenoxy) is 1. The molecule has 0 saturated heterocycles. The fourth-order valence-corrected chi connectivity index (χ4v) is 3.01. The van der Waals surface area contributed by atoms with Gasteiger partial charge in [0, 0.05) is 22.4 Å². The predicted molar refractivity (Wildman–Crippen MR) is 82.0 cm³/mol. The fourth-order valence-electron chi connectivity index (χ4n) is 2.77. The van der Waals surface area contributed by atoms with Crippen molar-refractivity contribution in [2.75, 3.05) is 6.61 Å². The molecule has 2 aromatic carbocycles. The molecule has 0 fully saturated rings. The SMILES string of the molecule is O=c1[nH]nc(-c2cc(Cl)cc3c2OCC3)c2ccccc12. The van der Waals surface area contributed by atoms with E-state index in [1.165, 1.54) is 0 Å². The van der Waals surface area contributed by atoms with E-state index in [-0.39, 0.29) is 5.56 Å². The number of nitrogens with one attached hydrogen (secondary N) is 1. The zero-order valence-corrected chi connectivity index (χ0v) is 11.8. The Labute approximate surface area is 125 Å². The summed E-state index contributed by atoms with van der Waals surface area (Å²) in [6.07, 6.45) is 0.837. The van der Waals surface area contributed by atoms with E-state index in [0.717, 1.165) is 28.7 Å². The lowest BCUT2D eigenvalue weighted by molar-refractivity contribution is 0.358. The Hall–Kier alpha value is -2.33. The van der Waals surface area contributed by atoms with Crippen LogP contribution < -0.4 is 10.3 Å². The molecule has 0 radical (unpaired) electrons. The van der Waals surface area contributed by atoms with E-state index in [9.17, 15) is 4.79 Å². The lowest BCUT2D eigenvalue weighted by Gasteiger charge is -2.10. The number of hydrogen-bond acceptors (Lipinski definition) is 3. The van der Waals surface area contributed by atoms with Crippen molar-refractivity contribution in [1.82, 2.24) is 10.2 Å². The first-order chi connectivity index (χ1) is 10.2. The first-order valence-corrected chi connectivity index (χ1v) is 7.05. The topological polar surface area (TPSA) is 55.0 Å². The molecule has 0 bridgehead atoms. The molecule has 1 aromatic heterocycles. The summed E-state index contributed by atoms with van der Waals surface area (Å²) in [4.78, 5) is 11.9. The molecule has 4 nitrogen and oxygen atoms in total. The number of aromatic nitrogens is 2. The van der Waals surface area contributed by atoms with Crippen LogP contribution in [0.5, 0.6) is 5.75 Å². The fraction of sp³-hybridized carbons (Fsp3) is 0.125. The van der Waals surface area contributed by atoms with E-state index in [2.05, 4.69) is 10.2 Å². The highest BCUT2D eigenvalue weighted by Crippen LogP contribution is 2.40. The molecule has 0 atom stereocenters. The Morgan fingerprint density at radius 1 is 1.19 bits per heavy atom. The number of benzene rings is 2. The van der Waals surface area contributed by atoms with Crippen LogP contribution in [0.25, 0.3) is 22.0 Å². The molecule has 0 unspecified atom stereocenters. The molecule has 0 aliphatic carbocycles. The van der Waals surface area contributed by atoms with Gasteiger partial charge in [-0.15, -0.1) is 0 Å². The molecule has 0 amide bonds. The van der Waals surface area contributed by atoms with Crippen molar-refractivity contribution in [3.63, 3.8) is 0 Å². The summed E-state index contributed by atoms with van der Waals surface area (Å²) in [6.45, 7) is 0.643. The first kappa shape index (κ1) is 12.4. The van der Waals surface area contributed by atoms with Gasteiger partial charge in [0.15, 0.2) is 0 Å². The molecule has 2 heterocycles. The molecule has 5 heteroatoms. The normalized spacial score (nSPS) is 13.2. The quantitative estimate of drug-likeness (QED) is 0.750. The van der Waals surface area contributed by atoms with Crippen LogP contribution >= 0.6 is 11.6 Å². The van der Waals surface area contributed by atoms with E-state index >= 15 is 0 Å². The van der Waals surface area contributed by atoms with Crippen molar-refractivity contribution in [2.45, 2.75) is 6.42 Å². The van der Waals surface area contributed by atoms with Crippen LogP contribution in [0, 0.1) is 0 Å². The second-order valence-electron chi connectivity index (χ2n) is 4.99. The van der Waals surface area contributed by atoms with Crippen molar-refractivity contribution in [3.05, 3.63) is 57.3 Å². The lowest BCUT2D eigenvalue weighted by Crippen LogP contribution is -2.09. The summed E-state index contributed by atoms with van der Waals surface area (Å²) in [5, 5.41) is 8.81. The lowest BCUT2D eigenvalue weighted by atomic mass is 10.0. The third kappa shape index (κ3) is 1.91. The van der Waals surface area contributed by atoms with Gasteiger partial charge in [-0.25, -0.2) is 5.10 Å². The summed E-state index contributed by atoms with van der Waals surface area (Å²) in [6, 6.07) is 11.1. The van der Waals surface area contributed by atoms with Crippen LogP contribution in [0.2, 0.25) is 5.02 Å². The number of H-pyrrole nitrogens is 1. The molecular formula is C16H11ClN2O2. The van der Waals surface area contributed by atoms with Crippen molar-refractivity contribution >= 4 is 22.4 Å². The van der Waals surface area contributed by atoms with Gasteiger partial charge < -0.3 is 4.74 Å². The number of nitrogens with zero attached hydrogens (tertiary/aromatic N) is 1. The summed E-state index contributed by atoms with van der Waals surface area (Å²) >= 11 is 6.21. The average Bonchev–Trinajstić information content (AvgIpc) is 2.95. The van der Waals surface area contributed by atoms with Crippen LogP contribution in [0.4, 0.5) is 0 Å². The molecular weight excluding hydrogens is 288 g/mol. The van der Waals surface area contributed by atoms with Crippen LogP contribution in [0.1, 0.15) is 5.56 Å². The van der Waals surface area contributed by atoms with Gasteiger partial charge in [0.2, 0.25) is 0 Å². The highest BCUT2D eigenvalue weighted by molar-refractivity contribution is 6.31. The van der Waals surface area contributed by atoms with Crippen molar-refractivity contribution in [2.24, 2.45) is 0 Å². The van der Waals surface area contributed by atoms with E-state index in [0.29, 0.717) is 22.7 Å². The summed E-state index contributed by atoms with van der Waals surface area (Å²) in [5.74, 6) is 0.809. The Morgan fingerprint density at radius 2 is 2.00 bits per heavy atom. The van der Waals surface area contributed by atoms with Gasteiger partial charge in [-0.3, -0.25) is 4.79 Å². The predicted octanol–water partition coefficient (Wildman–Crippen LogP) is 3.18. The highest BCUT2D eigenvalue weighted by atomic mass is 35.5. The molecule has 1 aliphatic rings. The van der Waals surface area contributed by atoms with E-state index in [1.54, 1.807) is 6.07 Å². The third-order valence-corrected chi connectivity index (χ3v) is 3.92. The second kappa shape index (κ2) is 4.60. The van der Waals surface area contributed by atoms with Crippen molar-refractivity contribution in [3.8, 4) is 17.0 Å². The number of rotatable bonds is 1. The maximum atomic E-state index is 11.9. The Morgan fingerprint density at radius 3 is 2.86 bits per heavy atom. The van der Waals surface area contributed by atoms with Gasteiger partial charge in [-0.2, -0.15) is 5.10 Å². The molecule has 104 valence electrons. The van der Waals surface area contributed by atoms with E-state index < -0.39 is 0 Å². The maximum Gasteiger partial charge on any atom is 0.272 e. The molecule has 4 rings (SSSR count). The number of hydrogen-bond donors (Lipinski definition) is 1. The minimum atomic E-state index is -0.200. The minimum absolute atomic E-state index is 0.200. The van der Waals surface area contributed by atoms with Gasteiger partial charge in [0.1, 0.15) is 11.4 Å². The molecule has 21 heavy (non-hydrogen) atoms. The van der Waals surface area contributed by atoms with Crippen LogP contribution in [-0.4, -0.2) is 16.8 Å². The van der Waals surface area contributed by atoms with E-state index in [4.69, 9.17) is 16.3 Å². The zero-order valence-electron chi connectivity index (χ0n) is 11.0. The molecule has 0 saturated carbocycles. The van der Waals surface area contributed by atoms with Gasteiger partial charge in [-0.1, -0.05) is 29.8 Å². The monoisotopic (exact) mass is 298 g/mol. The maximum absolute atomic E-state index is 11.9. The second-order valence-corrected chi connectivity index (χ2v) is 5.42. The Bertz CT molecular complexity index is 918. The minimum Gasteiger partial charge on any atom is -0.492 e. The summed E-state index contributed by atoms with van der Waals surface area (Å²) < 4.78 is 5.73. The standard InChI is InChI=1S/C16H11ClN2O2/c17-10-7-9-5-6-21-15(9)13(8-10)14-11-3-1-2-4-12(11)16(20)19-18-14/h1-4,7-8H,5-6H2,(H,19,20). The average molecular weight is 299 g/mol. The number of halogens is 1. The Kier molecular flexibility index (Phi) is 2.72. The molecule has 1 N–H and O–H groups in total. The van der Waals surface area contributed by atoms with Crippen molar-refractivity contribution in [1.29, 1.82) is 0 Å². The third-order valence-electron chi connectivity index (χ3n) is 3.70. The summed E-state index contributed by atoms with van der Waals surface area (Å²) in [7, 11) is 0. The molecule has 0 spiro atoms. The molecule has 3 aromatic rings.